The highest BCUT2D eigenvalue weighted by molar-refractivity contribution is 5.76. The van der Waals surface area contributed by atoms with Crippen LogP contribution < -0.4 is 9.47 Å². The quantitative estimate of drug-likeness (QED) is 0.829. The molecule has 1 atom stereocenters. The van der Waals surface area contributed by atoms with E-state index in [1.54, 1.807) is 13.3 Å². The Bertz CT molecular complexity index is 479. The van der Waals surface area contributed by atoms with Crippen LogP contribution in [0.4, 0.5) is 0 Å². The van der Waals surface area contributed by atoms with Crippen LogP contribution in [0.15, 0.2) is 12.4 Å². The number of amides is 1. The number of piperidine rings is 1. The molecule has 1 amide bonds. The minimum Gasteiger partial charge on any atom is -0.480 e. The van der Waals surface area contributed by atoms with E-state index in [0.29, 0.717) is 30.6 Å². The van der Waals surface area contributed by atoms with Gasteiger partial charge in [0.2, 0.25) is 17.7 Å². The van der Waals surface area contributed by atoms with E-state index in [2.05, 4.69) is 23.8 Å². The van der Waals surface area contributed by atoms with Crippen molar-refractivity contribution in [3.8, 4) is 11.8 Å². The van der Waals surface area contributed by atoms with Gasteiger partial charge in [0.1, 0.15) is 6.10 Å². The highest BCUT2D eigenvalue weighted by Crippen LogP contribution is 2.19. The van der Waals surface area contributed by atoms with Crippen molar-refractivity contribution in [1.82, 2.24) is 14.9 Å². The summed E-state index contributed by atoms with van der Waals surface area (Å²) in [4.78, 5) is 22.2. The topological polar surface area (TPSA) is 64.6 Å². The van der Waals surface area contributed by atoms with Crippen LogP contribution in [0.2, 0.25) is 0 Å². The van der Waals surface area contributed by atoms with Crippen molar-refractivity contribution in [2.75, 3.05) is 20.2 Å². The second kappa shape index (κ2) is 7.24. The maximum absolute atomic E-state index is 12.1. The standard InChI is InChI=1S/C15H23N3O3/c1-11(2)7-15(19)18-6-4-5-12(10-18)21-14-9-16-8-13(17-14)20-3/h8-9,11-12H,4-7,10H2,1-3H3. The molecule has 1 aliphatic heterocycles. The molecule has 0 N–H and O–H groups in total. The maximum Gasteiger partial charge on any atom is 0.235 e. The largest absolute Gasteiger partial charge is 0.480 e. The first kappa shape index (κ1) is 15.5. The number of likely N-dealkylation sites (tertiary alicyclic amines) is 1. The van der Waals surface area contributed by atoms with Crippen LogP contribution in [-0.2, 0) is 4.79 Å². The summed E-state index contributed by atoms with van der Waals surface area (Å²) in [5.41, 5.74) is 0. The number of hydrogen-bond donors (Lipinski definition) is 0. The molecule has 0 radical (unpaired) electrons. The number of nitrogens with zero attached hydrogens (tertiary/aromatic N) is 3. The average Bonchev–Trinajstić information content (AvgIpc) is 2.47. The summed E-state index contributed by atoms with van der Waals surface area (Å²) >= 11 is 0. The molecule has 1 unspecified atom stereocenters. The lowest BCUT2D eigenvalue weighted by molar-refractivity contribution is -0.134. The van der Waals surface area contributed by atoms with Gasteiger partial charge in [-0.25, -0.2) is 0 Å². The van der Waals surface area contributed by atoms with E-state index in [4.69, 9.17) is 9.47 Å². The Morgan fingerprint density at radius 1 is 1.43 bits per heavy atom. The molecule has 0 spiro atoms. The Balaban J connectivity index is 1.93. The summed E-state index contributed by atoms with van der Waals surface area (Å²) in [7, 11) is 1.54. The first-order valence-electron chi connectivity index (χ1n) is 7.39. The molecule has 0 saturated carbocycles. The number of carbonyl (C=O) groups is 1. The second-order valence-corrected chi connectivity index (χ2v) is 5.72. The van der Waals surface area contributed by atoms with Crippen LogP contribution in [0.1, 0.15) is 33.1 Å². The van der Waals surface area contributed by atoms with Crippen molar-refractivity contribution in [1.29, 1.82) is 0 Å². The molecular formula is C15H23N3O3. The molecule has 1 fully saturated rings. The average molecular weight is 293 g/mol. The summed E-state index contributed by atoms with van der Waals surface area (Å²) in [5.74, 6) is 1.45. The summed E-state index contributed by atoms with van der Waals surface area (Å²) in [6, 6.07) is 0. The molecule has 21 heavy (non-hydrogen) atoms. The number of rotatable bonds is 5. The lowest BCUT2D eigenvalue weighted by Gasteiger charge is -2.33. The molecular weight excluding hydrogens is 270 g/mol. The van der Waals surface area contributed by atoms with E-state index in [1.807, 2.05) is 4.90 Å². The molecule has 0 aliphatic carbocycles. The molecule has 6 nitrogen and oxygen atoms in total. The Kier molecular flexibility index (Phi) is 5.36. The molecule has 1 aromatic heterocycles. The normalized spacial score (nSPS) is 18.7. The molecule has 0 bridgehead atoms. The number of hydrogen-bond acceptors (Lipinski definition) is 5. The van der Waals surface area contributed by atoms with E-state index in [9.17, 15) is 4.79 Å². The van der Waals surface area contributed by atoms with Crippen molar-refractivity contribution >= 4 is 5.91 Å². The number of methoxy groups -OCH3 is 1. The van der Waals surface area contributed by atoms with Gasteiger partial charge in [-0.3, -0.25) is 9.78 Å². The van der Waals surface area contributed by atoms with Gasteiger partial charge in [0.15, 0.2) is 0 Å². The fourth-order valence-corrected chi connectivity index (χ4v) is 2.40. The Morgan fingerprint density at radius 3 is 2.90 bits per heavy atom. The van der Waals surface area contributed by atoms with E-state index in [1.165, 1.54) is 6.20 Å². The van der Waals surface area contributed by atoms with Gasteiger partial charge < -0.3 is 14.4 Å². The van der Waals surface area contributed by atoms with E-state index >= 15 is 0 Å². The first-order chi connectivity index (χ1) is 10.1. The molecule has 0 aromatic carbocycles. The second-order valence-electron chi connectivity index (χ2n) is 5.72. The Labute approximate surface area is 125 Å². The molecule has 6 heteroatoms. The number of ether oxygens (including phenoxy) is 2. The van der Waals surface area contributed by atoms with Gasteiger partial charge >= 0.3 is 0 Å². The molecule has 1 aromatic rings. The minimum atomic E-state index is -0.0312. The zero-order chi connectivity index (χ0) is 15.2. The summed E-state index contributed by atoms with van der Waals surface area (Å²) in [6.07, 6.45) is 5.53. The summed E-state index contributed by atoms with van der Waals surface area (Å²) in [5, 5.41) is 0. The maximum atomic E-state index is 12.1. The van der Waals surface area contributed by atoms with Crippen LogP contribution in [0.25, 0.3) is 0 Å². The first-order valence-corrected chi connectivity index (χ1v) is 7.39. The van der Waals surface area contributed by atoms with Crippen LogP contribution >= 0.6 is 0 Å². The third-order valence-corrected chi connectivity index (χ3v) is 3.40. The molecule has 1 saturated heterocycles. The highest BCUT2D eigenvalue weighted by atomic mass is 16.5. The van der Waals surface area contributed by atoms with Crippen molar-refractivity contribution in [3.63, 3.8) is 0 Å². The van der Waals surface area contributed by atoms with Crippen molar-refractivity contribution in [2.24, 2.45) is 5.92 Å². The van der Waals surface area contributed by atoms with Crippen molar-refractivity contribution < 1.29 is 14.3 Å². The number of aromatic nitrogens is 2. The van der Waals surface area contributed by atoms with Crippen LogP contribution in [-0.4, -0.2) is 47.1 Å². The number of carbonyl (C=O) groups excluding carboxylic acids is 1. The Hall–Kier alpha value is -1.85. The zero-order valence-corrected chi connectivity index (χ0v) is 12.9. The molecule has 1 aliphatic rings. The summed E-state index contributed by atoms with van der Waals surface area (Å²) in [6.45, 7) is 5.54. The van der Waals surface area contributed by atoms with Gasteiger partial charge in [-0.05, 0) is 18.8 Å². The lowest BCUT2D eigenvalue weighted by atomic mass is 10.1. The fraction of sp³-hybridized carbons (Fsp3) is 0.667. The van der Waals surface area contributed by atoms with Gasteiger partial charge in [0, 0.05) is 13.0 Å². The predicted octanol–water partition coefficient (Wildman–Crippen LogP) is 1.90. The predicted molar refractivity (Wildman–Crippen MR) is 78.3 cm³/mol. The van der Waals surface area contributed by atoms with Crippen LogP contribution in [0, 0.1) is 5.92 Å². The lowest BCUT2D eigenvalue weighted by Crippen LogP contribution is -2.44. The highest BCUT2D eigenvalue weighted by Gasteiger charge is 2.25. The third-order valence-electron chi connectivity index (χ3n) is 3.40. The molecule has 2 heterocycles. The SMILES string of the molecule is COc1cncc(OC2CCCN(C(=O)CC(C)C)C2)n1. The molecule has 2 rings (SSSR count). The zero-order valence-electron chi connectivity index (χ0n) is 12.9. The van der Waals surface area contributed by atoms with Gasteiger partial charge in [-0.2, -0.15) is 4.98 Å². The van der Waals surface area contributed by atoms with Crippen LogP contribution in [0.3, 0.4) is 0 Å². The van der Waals surface area contributed by atoms with E-state index in [0.717, 1.165) is 19.4 Å². The monoisotopic (exact) mass is 293 g/mol. The van der Waals surface area contributed by atoms with Crippen LogP contribution in [0.5, 0.6) is 11.8 Å². The van der Waals surface area contributed by atoms with Gasteiger partial charge in [0.05, 0.1) is 26.0 Å². The third kappa shape index (κ3) is 4.58. The van der Waals surface area contributed by atoms with Crippen molar-refractivity contribution in [3.05, 3.63) is 12.4 Å². The van der Waals surface area contributed by atoms with Gasteiger partial charge in [-0.15, -0.1) is 0 Å². The fourth-order valence-electron chi connectivity index (χ4n) is 2.40. The molecule has 116 valence electrons. The van der Waals surface area contributed by atoms with E-state index in [-0.39, 0.29) is 12.0 Å². The minimum absolute atomic E-state index is 0.0312. The summed E-state index contributed by atoms with van der Waals surface area (Å²) < 4.78 is 10.9. The smallest absolute Gasteiger partial charge is 0.235 e. The van der Waals surface area contributed by atoms with Gasteiger partial charge in [-0.1, -0.05) is 13.8 Å². The van der Waals surface area contributed by atoms with Crippen molar-refractivity contribution in [2.45, 2.75) is 39.2 Å². The van der Waals surface area contributed by atoms with E-state index < -0.39 is 0 Å². The van der Waals surface area contributed by atoms with Gasteiger partial charge in [0.25, 0.3) is 0 Å². The Morgan fingerprint density at radius 2 is 2.19 bits per heavy atom.